The van der Waals surface area contributed by atoms with Crippen molar-refractivity contribution in [2.24, 2.45) is 0 Å². The summed E-state index contributed by atoms with van der Waals surface area (Å²) in [5.74, 6) is 0. The van der Waals surface area contributed by atoms with Crippen molar-refractivity contribution in [1.82, 2.24) is 15.2 Å². The van der Waals surface area contributed by atoms with Crippen molar-refractivity contribution in [2.75, 3.05) is 0 Å². The van der Waals surface area contributed by atoms with Crippen LogP contribution in [0.2, 0.25) is 0 Å². The highest BCUT2D eigenvalue weighted by atomic mass is 32.1. The largest absolute Gasteiger partial charge is 0.286 e. The van der Waals surface area contributed by atoms with E-state index in [1.807, 2.05) is 18.4 Å². The number of H-pyrrole nitrogens is 1. The van der Waals surface area contributed by atoms with Crippen LogP contribution in [0.4, 0.5) is 0 Å². The second-order valence-corrected chi connectivity index (χ2v) is 2.92. The summed E-state index contributed by atoms with van der Waals surface area (Å²) in [7, 11) is 0. The van der Waals surface area contributed by atoms with Gasteiger partial charge in [0, 0.05) is 24.0 Å². The molecule has 4 heteroatoms. The van der Waals surface area contributed by atoms with Crippen LogP contribution in [0.1, 0.15) is 5.01 Å². The van der Waals surface area contributed by atoms with Crippen molar-refractivity contribution in [3.05, 3.63) is 35.0 Å². The molecule has 0 amide bonds. The zero-order valence-corrected chi connectivity index (χ0v) is 7.01. The van der Waals surface area contributed by atoms with Gasteiger partial charge in [0.2, 0.25) is 0 Å². The minimum absolute atomic E-state index is 1.13. The Balaban J connectivity index is 0.000000112. The predicted octanol–water partition coefficient (Wildman–Crippen LogP) is 1.86. The fourth-order valence-corrected chi connectivity index (χ4v) is 0.950. The lowest BCUT2D eigenvalue weighted by molar-refractivity contribution is 1.09. The molecule has 0 saturated carbocycles. The molecule has 0 saturated heterocycles. The number of aromatic nitrogens is 3. The zero-order chi connectivity index (χ0) is 7.94. The summed E-state index contributed by atoms with van der Waals surface area (Å²) < 4.78 is 0. The average molecular weight is 167 g/mol. The van der Waals surface area contributed by atoms with Gasteiger partial charge < -0.3 is 0 Å². The maximum absolute atomic E-state index is 3.94. The van der Waals surface area contributed by atoms with Crippen molar-refractivity contribution < 1.29 is 0 Å². The number of thiazole rings is 1. The molecular weight excluding hydrogens is 158 g/mol. The smallest absolute Gasteiger partial charge is 0.0893 e. The third kappa shape index (κ3) is 3.52. The molecular formula is C7H9N3S. The van der Waals surface area contributed by atoms with E-state index in [4.69, 9.17) is 0 Å². The van der Waals surface area contributed by atoms with Crippen LogP contribution in [0.25, 0.3) is 0 Å². The molecule has 1 N–H and O–H groups in total. The van der Waals surface area contributed by atoms with Gasteiger partial charge in [-0.3, -0.25) is 10.1 Å². The topological polar surface area (TPSA) is 41.6 Å². The Hall–Kier alpha value is -1.16. The zero-order valence-electron chi connectivity index (χ0n) is 6.19. The summed E-state index contributed by atoms with van der Waals surface area (Å²) in [5.41, 5.74) is 0. The van der Waals surface area contributed by atoms with Crippen molar-refractivity contribution in [2.45, 2.75) is 6.92 Å². The second-order valence-electron chi connectivity index (χ2n) is 1.82. The molecule has 2 aromatic heterocycles. The van der Waals surface area contributed by atoms with E-state index in [-0.39, 0.29) is 0 Å². The summed E-state index contributed by atoms with van der Waals surface area (Å²) in [6.45, 7) is 1.99. The van der Waals surface area contributed by atoms with Crippen molar-refractivity contribution in [3.63, 3.8) is 0 Å². The Labute approximate surface area is 69.1 Å². The molecule has 2 rings (SSSR count). The molecule has 0 unspecified atom stereocenters. The van der Waals surface area contributed by atoms with Crippen LogP contribution in [-0.4, -0.2) is 15.2 Å². The van der Waals surface area contributed by atoms with Gasteiger partial charge in [-0.1, -0.05) is 0 Å². The number of hydrogen-bond donors (Lipinski definition) is 1. The van der Waals surface area contributed by atoms with Crippen molar-refractivity contribution in [1.29, 1.82) is 0 Å². The second kappa shape index (κ2) is 4.62. The lowest BCUT2D eigenvalue weighted by Gasteiger charge is -1.65. The van der Waals surface area contributed by atoms with Crippen molar-refractivity contribution in [3.8, 4) is 0 Å². The normalized spacial score (nSPS) is 8.45. The Morgan fingerprint density at radius 1 is 1.45 bits per heavy atom. The first-order valence-corrected chi connectivity index (χ1v) is 4.07. The summed E-state index contributed by atoms with van der Waals surface area (Å²) in [4.78, 5) is 3.94. The van der Waals surface area contributed by atoms with E-state index in [1.165, 1.54) is 0 Å². The molecule has 0 spiro atoms. The fourth-order valence-electron chi connectivity index (χ4n) is 0.510. The van der Waals surface area contributed by atoms with Gasteiger partial charge in [-0.15, -0.1) is 11.3 Å². The van der Waals surface area contributed by atoms with Gasteiger partial charge in [-0.05, 0) is 13.0 Å². The van der Waals surface area contributed by atoms with Crippen LogP contribution >= 0.6 is 11.3 Å². The molecule has 0 fully saturated rings. The number of rotatable bonds is 0. The van der Waals surface area contributed by atoms with E-state index in [2.05, 4.69) is 15.2 Å². The Kier molecular flexibility index (Phi) is 3.34. The lowest BCUT2D eigenvalue weighted by Crippen LogP contribution is -1.56. The number of hydrogen-bond acceptors (Lipinski definition) is 3. The van der Waals surface area contributed by atoms with Crippen LogP contribution in [0, 0.1) is 6.92 Å². The monoisotopic (exact) mass is 167 g/mol. The fraction of sp³-hybridized carbons (Fsp3) is 0.143. The van der Waals surface area contributed by atoms with E-state index in [9.17, 15) is 0 Å². The molecule has 58 valence electrons. The van der Waals surface area contributed by atoms with E-state index in [0.29, 0.717) is 0 Å². The van der Waals surface area contributed by atoms with Crippen LogP contribution in [0.5, 0.6) is 0 Å². The molecule has 0 aliphatic heterocycles. The molecule has 3 nitrogen and oxygen atoms in total. The van der Waals surface area contributed by atoms with Crippen LogP contribution < -0.4 is 0 Å². The summed E-state index contributed by atoms with van der Waals surface area (Å²) >= 11 is 1.67. The van der Waals surface area contributed by atoms with Gasteiger partial charge >= 0.3 is 0 Å². The SMILES string of the molecule is Cc1nccs1.c1cn[nH]c1. The minimum atomic E-state index is 1.13. The molecule has 0 aromatic carbocycles. The number of aryl methyl sites for hydroxylation is 1. The Morgan fingerprint density at radius 2 is 2.36 bits per heavy atom. The molecule has 0 bridgehead atoms. The third-order valence-electron chi connectivity index (χ3n) is 0.962. The van der Waals surface area contributed by atoms with E-state index >= 15 is 0 Å². The standard InChI is InChI=1S/C4H5NS.C3H4N2/c1-4-5-2-3-6-4;1-2-4-5-3-1/h2-3H,1H3;1-3H,(H,4,5). The summed E-state index contributed by atoms with van der Waals surface area (Å²) in [5, 5.41) is 9.31. The maximum atomic E-state index is 3.94. The Morgan fingerprint density at radius 3 is 2.55 bits per heavy atom. The highest BCUT2D eigenvalue weighted by Crippen LogP contribution is 1.98. The van der Waals surface area contributed by atoms with Gasteiger partial charge in [0.1, 0.15) is 0 Å². The predicted molar refractivity (Wildman–Crippen MR) is 45.4 cm³/mol. The molecule has 0 atom stereocenters. The Bertz CT molecular complexity index is 232. The summed E-state index contributed by atoms with van der Waals surface area (Å²) in [6, 6.07) is 1.83. The van der Waals surface area contributed by atoms with Gasteiger partial charge in [-0.25, -0.2) is 0 Å². The van der Waals surface area contributed by atoms with Gasteiger partial charge in [0.25, 0.3) is 0 Å². The highest BCUT2D eigenvalue weighted by Gasteiger charge is 1.76. The molecule has 0 aliphatic rings. The summed E-state index contributed by atoms with van der Waals surface area (Å²) in [6.07, 6.45) is 5.26. The van der Waals surface area contributed by atoms with Gasteiger partial charge in [-0.2, -0.15) is 5.10 Å². The lowest BCUT2D eigenvalue weighted by atomic mass is 10.8. The van der Waals surface area contributed by atoms with Crippen LogP contribution in [-0.2, 0) is 0 Å². The van der Waals surface area contributed by atoms with Crippen LogP contribution in [0.3, 0.4) is 0 Å². The number of nitrogens with zero attached hydrogens (tertiary/aromatic N) is 2. The maximum Gasteiger partial charge on any atom is 0.0893 e. The van der Waals surface area contributed by atoms with Crippen molar-refractivity contribution >= 4 is 11.3 Å². The highest BCUT2D eigenvalue weighted by molar-refractivity contribution is 7.09. The molecule has 2 aromatic rings. The quantitative estimate of drug-likeness (QED) is 0.650. The van der Waals surface area contributed by atoms with Gasteiger partial charge in [0.05, 0.1) is 5.01 Å². The molecule has 0 aliphatic carbocycles. The first-order chi connectivity index (χ1) is 5.39. The van der Waals surface area contributed by atoms with Gasteiger partial charge in [0.15, 0.2) is 0 Å². The molecule has 0 radical (unpaired) electrons. The number of nitrogens with one attached hydrogen (secondary N) is 1. The van der Waals surface area contributed by atoms with Crippen LogP contribution in [0.15, 0.2) is 30.0 Å². The van der Waals surface area contributed by atoms with E-state index in [1.54, 1.807) is 29.9 Å². The van der Waals surface area contributed by atoms with E-state index < -0.39 is 0 Å². The minimum Gasteiger partial charge on any atom is -0.286 e. The first kappa shape index (κ1) is 7.94. The third-order valence-corrected chi connectivity index (χ3v) is 1.67. The van der Waals surface area contributed by atoms with E-state index in [0.717, 1.165) is 5.01 Å². The average Bonchev–Trinajstić information content (AvgIpc) is 2.57. The molecule has 2 heterocycles. The first-order valence-electron chi connectivity index (χ1n) is 3.19. The number of aromatic amines is 1. The molecule has 11 heavy (non-hydrogen) atoms.